The minimum Gasteiger partial charge on any atom is -0.487 e. The van der Waals surface area contributed by atoms with Crippen LogP contribution < -0.4 is 4.74 Å². The van der Waals surface area contributed by atoms with Gasteiger partial charge in [0.15, 0.2) is 0 Å². The van der Waals surface area contributed by atoms with E-state index in [0.717, 1.165) is 5.92 Å². The second-order valence-electron chi connectivity index (χ2n) is 8.93. The Morgan fingerprint density at radius 3 is 2.36 bits per heavy atom. The molecule has 0 spiro atoms. The molecule has 2 heteroatoms. The fourth-order valence-electron chi connectivity index (χ4n) is 5.01. The summed E-state index contributed by atoms with van der Waals surface area (Å²) in [5.74, 6) is 3.41. The highest BCUT2D eigenvalue weighted by Gasteiger charge is 2.46. The Labute approximate surface area is 175 Å². The Kier molecular flexibility index (Phi) is 10.6. The molecule has 28 heavy (non-hydrogen) atoms. The van der Waals surface area contributed by atoms with Crippen molar-refractivity contribution in [2.24, 2.45) is 11.8 Å². The van der Waals surface area contributed by atoms with Crippen molar-refractivity contribution < 1.29 is 9.84 Å². The van der Waals surface area contributed by atoms with Gasteiger partial charge < -0.3 is 9.84 Å². The molecule has 162 valence electrons. The lowest BCUT2D eigenvalue weighted by molar-refractivity contribution is -0.0139. The van der Waals surface area contributed by atoms with Gasteiger partial charge in [-0.15, -0.1) is 0 Å². The van der Waals surface area contributed by atoms with Crippen LogP contribution in [0.1, 0.15) is 110 Å². The van der Waals surface area contributed by atoms with Crippen molar-refractivity contribution in [1.29, 1.82) is 0 Å². The van der Waals surface area contributed by atoms with E-state index >= 15 is 0 Å². The Hall–Kier alpha value is -1.02. The first-order valence-electron chi connectivity index (χ1n) is 11.8. The molecule has 1 aromatic rings. The molecular weight excluding hydrogens is 344 g/mol. The molecule has 1 N–H and O–H groups in total. The van der Waals surface area contributed by atoms with Crippen LogP contribution in [0.5, 0.6) is 5.75 Å². The molecule has 3 unspecified atom stereocenters. The van der Waals surface area contributed by atoms with Crippen LogP contribution in [-0.2, 0) is 6.42 Å². The number of aliphatic hydroxyl groups is 1. The molecule has 0 radical (unpaired) electrons. The van der Waals surface area contributed by atoms with Gasteiger partial charge in [0.1, 0.15) is 11.4 Å². The van der Waals surface area contributed by atoms with E-state index < -0.39 is 0 Å². The van der Waals surface area contributed by atoms with Crippen molar-refractivity contribution in [2.75, 3.05) is 6.61 Å². The van der Waals surface area contributed by atoms with E-state index in [1.807, 2.05) is 13.8 Å². The maximum absolute atomic E-state index is 7.57. The van der Waals surface area contributed by atoms with Gasteiger partial charge in [0.2, 0.25) is 0 Å². The number of hydrogen-bond donors (Lipinski definition) is 1. The SMILES string of the molecule is CC.CCCCCc1cc(C)c2c(c1)OC(C)(C)C1CCC(C)CC21.CCO. The maximum atomic E-state index is 7.57. The molecule has 1 aromatic carbocycles. The summed E-state index contributed by atoms with van der Waals surface area (Å²) >= 11 is 0. The number of hydrogen-bond acceptors (Lipinski definition) is 2. The largest absolute Gasteiger partial charge is 0.487 e. The minimum atomic E-state index is -0.0215. The zero-order valence-electron chi connectivity index (χ0n) is 19.9. The first-order chi connectivity index (χ1) is 13.3. The molecule has 2 nitrogen and oxygen atoms in total. The van der Waals surface area contributed by atoms with Crippen LogP contribution in [0.3, 0.4) is 0 Å². The molecule has 0 bridgehead atoms. The van der Waals surface area contributed by atoms with E-state index in [9.17, 15) is 0 Å². The van der Waals surface area contributed by atoms with E-state index in [1.165, 1.54) is 67.4 Å². The summed E-state index contributed by atoms with van der Waals surface area (Å²) in [5, 5.41) is 7.57. The fraction of sp³-hybridized carbons (Fsp3) is 0.769. The molecule has 2 aliphatic rings. The summed E-state index contributed by atoms with van der Waals surface area (Å²) in [6.07, 6.45) is 9.10. The molecule has 0 saturated heterocycles. The van der Waals surface area contributed by atoms with Gasteiger partial charge in [-0.25, -0.2) is 0 Å². The third-order valence-corrected chi connectivity index (χ3v) is 6.23. The van der Waals surface area contributed by atoms with Crippen LogP contribution >= 0.6 is 0 Å². The molecule has 1 fully saturated rings. The summed E-state index contributed by atoms with van der Waals surface area (Å²) in [7, 11) is 0. The van der Waals surface area contributed by atoms with Crippen molar-refractivity contribution in [3.63, 3.8) is 0 Å². The molecule has 1 saturated carbocycles. The molecule has 0 aromatic heterocycles. The summed E-state index contributed by atoms with van der Waals surface area (Å²) in [4.78, 5) is 0. The van der Waals surface area contributed by atoms with Gasteiger partial charge in [-0.2, -0.15) is 0 Å². The summed E-state index contributed by atoms with van der Waals surface area (Å²) in [6.45, 7) is 17.5. The van der Waals surface area contributed by atoms with Crippen molar-refractivity contribution in [1.82, 2.24) is 0 Å². The number of ether oxygens (including phenoxy) is 1. The van der Waals surface area contributed by atoms with Crippen LogP contribution in [0.4, 0.5) is 0 Å². The van der Waals surface area contributed by atoms with E-state index in [1.54, 1.807) is 6.92 Å². The smallest absolute Gasteiger partial charge is 0.124 e. The number of aryl methyl sites for hydroxylation is 2. The zero-order valence-corrected chi connectivity index (χ0v) is 19.9. The third-order valence-electron chi connectivity index (χ3n) is 6.23. The number of unbranched alkanes of at least 4 members (excludes halogenated alkanes) is 2. The Morgan fingerprint density at radius 1 is 1.11 bits per heavy atom. The standard InChI is InChI=1S/C22H34O.C2H6O.C2H6/c1-6-7-8-9-17-13-16(3)21-18-12-15(2)10-11-19(18)22(4,5)23-20(21)14-17;1-2-3;1-2/h13-15,18-19H,6-12H2,1-5H3;3H,2H2,1H3;1-2H3. The third kappa shape index (κ3) is 6.24. The van der Waals surface area contributed by atoms with Crippen molar-refractivity contribution in [2.45, 2.75) is 112 Å². The summed E-state index contributed by atoms with van der Waals surface area (Å²) in [5.41, 5.74) is 4.44. The van der Waals surface area contributed by atoms with Gasteiger partial charge in [0.05, 0.1) is 0 Å². The van der Waals surface area contributed by atoms with E-state index in [-0.39, 0.29) is 12.2 Å². The minimum absolute atomic E-state index is 0.0215. The van der Waals surface area contributed by atoms with Crippen LogP contribution in [0.25, 0.3) is 0 Å². The molecule has 3 rings (SSSR count). The molecule has 0 amide bonds. The van der Waals surface area contributed by atoms with Gasteiger partial charge >= 0.3 is 0 Å². The van der Waals surface area contributed by atoms with Gasteiger partial charge in [-0.3, -0.25) is 0 Å². The van der Waals surface area contributed by atoms with Gasteiger partial charge in [-0.1, -0.05) is 53.0 Å². The van der Waals surface area contributed by atoms with E-state index in [4.69, 9.17) is 9.84 Å². The monoisotopic (exact) mass is 390 g/mol. The van der Waals surface area contributed by atoms with Crippen LogP contribution in [0.2, 0.25) is 0 Å². The molecule has 1 heterocycles. The highest BCUT2D eigenvalue weighted by molar-refractivity contribution is 5.48. The average molecular weight is 391 g/mol. The summed E-state index contributed by atoms with van der Waals surface area (Å²) in [6, 6.07) is 4.79. The van der Waals surface area contributed by atoms with Crippen LogP contribution in [-0.4, -0.2) is 17.3 Å². The molecule has 1 aliphatic heterocycles. The van der Waals surface area contributed by atoms with E-state index in [0.29, 0.717) is 11.8 Å². The Bertz CT molecular complexity index is 576. The number of rotatable bonds is 4. The van der Waals surface area contributed by atoms with E-state index in [2.05, 4.69) is 46.8 Å². The quantitative estimate of drug-likeness (QED) is 0.541. The highest BCUT2D eigenvalue weighted by atomic mass is 16.5. The second-order valence-corrected chi connectivity index (χ2v) is 8.93. The Balaban J connectivity index is 0.000000717. The highest BCUT2D eigenvalue weighted by Crippen LogP contribution is 2.53. The number of benzene rings is 1. The van der Waals surface area contributed by atoms with Crippen LogP contribution in [0, 0.1) is 18.8 Å². The average Bonchev–Trinajstić information content (AvgIpc) is 2.63. The fourth-order valence-corrected chi connectivity index (χ4v) is 5.01. The molecular formula is C26H46O2. The van der Waals surface area contributed by atoms with Crippen LogP contribution in [0.15, 0.2) is 12.1 Å². The predicted molar refractivity (Wildman–Crippen MR) is 122 cm³/mol. The lowest BCUT2D eigenvalue weighted by atomic mass is 9.63. The number of aliphatic hydroxyl groups excluding tert-OH is 1. The first kappa shape index (κ1) is 25.0. The summed E-state index contributed by atoms with van der Waals surface area (Å²) < 4.78 is 6.55. The van der Waals surface area contributed by atoms with Gasteiger partial charge in [-0.05, 0) is 82.4 Å². The Morgan fingerprint density at radius 2 is 1.75 bits per heavy atom. The van der Waals surface area contributed by atoms with Gasteiger partial charge in [0, 0.05) is 18.1 Å². The topological polar surface area (TPSA) is 29.5 Å². The normalized spacial score (nSPS) is 24.4. The maximum Gasteiger partial charge on any atom is 0.124 e. The molecule has 3 atom stereocenters. The van der Waals surface area contributed by atoms with Crippen molar-refractivity contribution >= 4 is 0 Å². The molecule has 1 aliphatic carbocycles. The number of fused-ring (bicyclic) bond motifs is 3. The lowest BCUT2D eigenvalue weighted by Gasteiger charge is -2.49. The zero-order chi connectivity index (χ0) is 21.3. The second kappa shape index (κ2) is 11.9. The first-order valence-corrected chi connectivity index (χ1v) is 11.8. The predicted octanol–water partition coefficient (Wildman–Crippen LogP) is 7.44. The van der Waals surface area contributed by atoms with Crippen molar-refractivity contribution in [3.8, 4) is 5.75 Å². The lowest BCUT2D eigenvalue weighted by Crippen LogP contribution is -2.47. The van der Waals surface area contributed by atoms with Crippen molar-refractivity contribution in [3.05, 3.63) is 28.8 Å². The van der Waals surface area contributed by atoms with Gasteiger partial charge in [0.25, 0.3) is 0 Å².